The van der Waals surface area contributed by atoms with E-state index in [9.17, 15) is 9.18 Å². The molecule has 0 bridgehead atoms. The molecule has 0 aromatic heterocycles. The number of amides is 1. The Bertz CT molecular complexity index is 708. The highest BCUT2D eigenvalue weighted by molar-refractivity contribution is 9.10. The van der Waals surface area contributed by atoms with Crippen LogP contribution in [0.2, 0.25) is 0 Å². The van der Waals surface area contributed by atoms with Gasteiger partial charge in [-0.25, -0.2) is 4.39 Å². The lowest BCUT2D eigenvalue weighted by atomic mass is 10.0. The van der Waals surface area contributed by atoms with Crippen molar-refractivity contribution in [3.05, 3.63) is 69.9 Å². The first-order valence-corrected chi connectivity index (χ1v) is 8.93. The molecule has 1 aliphatic heterocycles. The van der Waals surface area contributed by atoms with E-state index in [2.05, 4.69) is 38.3 Å². The molecule has 0 radical (unpaired) electrons. The second-order valence-corrected chi connectivity index (χ2v) is 7.01. The number of carbonyl (C=O) groups excluding carboxylic acids is 1. The normalized spacial score (nSPS) is 18.3. The van der Waals surface area contributed by atoms with Gasteiger partial charge in [-0.15, -0.1) is 0 Å². The third-order valence-electron chi connectivity index (χ3n) is 4.26. The molecule has 1 unspecified atom stereocenters. The zero-order chi connectivity index (χ0) is 16.9. The maximum Gasteiger partial charge on any atom is 0.252 e. The van der Waals surface area contributed by atoms with E-state index in [-0.39, 0.29) is 11.9 Å². The van der Waals surface area contributed by atoms with Crippen molar-refractivity contribution < 1.29 is 9.18 Å². The van der Waals surface area contributed by atoms with Gasteiger partial charge >= 0.3 is 0 Å². The fourth-order valence-electron chi connectivity index (χ4n) is 3.09. The lowest BCUT2D eigenvalue weighted by Crippen LogP contribution is -2.47. The van der Waals surface area contributed by atoms with Crippen molar-refractivity contribution >= 4 is 21.8 Å². The zero-order valence-corrected chi connectivity index (χ0v) is 14.9. The van der Waals surface area contributed by atoms with Gasteiger partial charge in [-0.1, -0.05) is 30.3 Å². The van der Waals surface area contributed by atoms with Crippen molar-refractivity contribution in [2.75, 3.05) is 13.1 Å². The molecule has 1 heterocycles. The van der Waals surface area contributed by atoms with E-state index in [4.69, 9.17) is 0 Å². The molecule has 5 heteroatoms. The first kappa shape index (κ1) is 17.1. The number of hydrogen-bond acceptors (Lipinski definition) is 2. The maximum absolute atomic E-state index is 13.4. The smallest absolute Gasteiger partial charge is 0.252 e. The Kier molecular flexibility index (Phi) is 5.63. The van der Waals surface area contributed by atoms with Crippen LogP contribution >= 0.6 is 15.9 Å². The van der Waals surface area contributed by atoms with Gasteiger partial charge in [0.05, 0.1) is 5.56 Å². The molecule has 0 aliphatic carbocycles. The minimum Gasteiger partial charge on any atom is -0.348 e. The number of nitrogens with zero attached hydrogens (tertiary/aromatic N) is 1. The van der Waals surface area contributed by atoms with Crippen LogP contribution in [0.1, 0.15) is 28.8 Å². The molecule has 1 saturated heterocycles. The zero-order valence-electron chi connectivity index (χ0n) is 13.3. The van der Waals surface area contributed by atoms with Gasteiger partial charge in [-0.05, 0) is 59.1 Å². The first-order chi connectivity index (χ1) is 11.6. The van der Waals surface area contributed by atoms with Gasteiger partial charge in [0.15, 0.2) is 0 Å². The third kappa shape index (κ3) is 4.42. The van der Waals surface area contributed by atoms with E-state index < -0.39 is 5.82 Å². The predicted molar refractivity (Wildman–Crippen MR) is 96.3 cm³/mol. The number of benzene rings is 2. The number of halogens is 2. The molecule has 3 rings (SSSR count). The van der Waals surface area contributed by atoms with Crippen molar-refractivity contribution in [3.8, 4) is 0 Å². The van der Waals surface area contributed by atoms with Crippen LogP contribution in [0.3, 0.4) is 0 Å². The topological polar surface area (TPSA) is 32.3 Å². The Hall–Kier alpha value is -1.72. The number of nitrogens with one attached hydrogen (secondary N) is 1. The molecule has 1 N–H and O–H groups in total. The average molecular weight is 391 g/mol. The number of rotatable bonds is 4. The average Bonchev–Trinajstić information content (AvgIpc) is 2.58. The molecule has 3 nitrogen and oxygen atoms in total. The monoisotopic (exact) mass is 390 g/mol. The molecule has 1 fully saturated rings. The number of hydrogen-bond donors (Lipinski definition) is 1. The summed E-state index contributed by atoms with van der Waals surface area (Å²) < 4.78 is 14.0. The summed E-state index contributed by atoms with van der Waals surface area (Å²) in [4.78, 5) is 14.8. The highest BCUT2D eigenvalue weighted by Gasteiger charge is 2.22. The molecule has 0 saturated carbocycles. The van der Waals surface area contributed by atoms with Crippen molar-refractivity contribution in [1.82, 2.24) is 10.2 Å². The summed E-state index contributed by atoms with van der Waals surface area (Å²) in [6.07, 6.45) is 1.99. The van der Waals surface area contributed by atoms with Gasteiger partial charge in [0.25, 0.3) is 5.91 Å². The highest BCUT2D eigenvalue weighted by Crippen LogP contribution is 2.19. The van der Waals surface area contributed by atoms with E-state index in [1.165, 1.54) is 17.7 Å². The molecular formula is C19H20BrFN2O. The molecule has 1 amide bonds. The van der Waals surface area contributed by atoms with Gasteiger partial charge in [0.1, 0.15) is 5.82 Å². The number of piperidine rings is 1. The highest BCUT2D eigenvalue weighted by atomic mass is 79.9. The van der Waals surface area contributed by atoms with E-state index in [1.54, 1.807) is 6.07 Å². The van der Waals surface area contributed by atoms with Gasteiger partial charge < -0.3 is 5.32 Å². The Morgan fingerprint density at radius 1 is 1.25 bits per heavy atom. The molecule has 2 aromatic rings. The Morgan fingerprint density at radius 3 is 2.83 bits per heavy atom. The number of carbonyl (C=O) groups is 1. The van der Waals surface area contributed by atoms with Crippen molar-refractivity contribution in [1.29, 1.82) is 0 Å². The van der Waals surface area contributed by atoms with Crippen LogP contribution in [0.5, 0.6) is 0 Å². The summed E-state index contributed by atoms with van der Waals surface area (Å²) in [7, 11) is 0. The van der Waals surface area contributed by atoms with E-state index in [0.29, 0.717) is 10.0 Å². The summed E-state index contributed by atoms with van der Waals surface area (Å²) in [5.41, 5.74) is 1.62. The summed E-state index contributed by atoms with van der Waals surface area (Å²) >= 11 is 3.31. The molecule has 1 aliphatic rings. The van der Waals surface area contributed by atoms with Gasteiger partial charge in [-0.3, -0.25) is 9.69 Å². The minimum absolute atomic E-state index is 0.0881. The lowest BCUT2D eigenvalue weighted by Gasteiger charge is -2.33. The van der Waals surface area contributed by atoms with Gasteiger partial charge in [0, 0.05) is 23.6 Å². The third-order valence-corrected chi connectivity index (χ3v) is 4.95. The largest absolute Gasteiger partial charge is 0.348 e. The van der Waals surface area contributed by atoms with Crippen LogP contribution in [0.25, 0.3) is 0 Å². The van der Waals surface area contributed by atoms with Gasteiger partial charge in [0.2, 0.25) is 0 Å². The predicted octanol–water partition coefficient (Wildman–Crippen LogP) is 3.98. The van der Waals surface area contributed by atoms with E-state index in [1.807, 2.05) is 18.2 Å². The summed E-state index contributed by atoms with van der Waals surface area (Å²) in [5.74, 6) is -0.634. The Balaban J connectivity index is 1.61. The lowest BCUT2D eigenvalue weighted by molar-refractivity contribution is 0.0899. The van der Waals surface area contributed by atoms with Crippen LogP contribution in [0.4, 0.5) is 4.39 Å². The first-order valence-electron chi connectivity index (χ1n) is 8.14. The van der Waals surface area contributed by atoms with Crippen LogP contribution in [0.15, 0.2) is 53.0 Å². The maximum atomic E-state index is 13.4. The van der Waals surface area contributed by atoms with Crippen molar-refractivity contribution in [3.63, 3.8) is 0 Å². The standard InChI is InChI=1S/C19H20BrFN2O/c20-18-9-8-15(21)11-17(18)19(24)22-16-7-4-10-23(13-16)12-14-5-2-1-3-6-14/h1-3,5-6,8-9,11,16H,4,7,10,12-13H2,(H,22,24). The van der Waals surface area contributed by atoms with Crippen LogP contribution in [-0.2, 0) is 6.54 Å². The van der Waals surface area contributed by atoms with Crippen LogP contribution < -0.4 is 5.32 Å². The Morgan fingerprint density at radius 2 is 2.04 bits per heavy atom. The molecule has 126 valence electrons. The number of likely N-dealkylation sites (tertiary alicyclic amines) is 1. The molecular weight excluding hydrogens is 371 g/mol. The van der Waals surface area contributed by atoms with Gasteiger partial charge in [-0.2, -0.15) is 0 Å². The van der Waals surface area contributed by atoms with Crippen LogP contribution in [0, 0.1) is 5.82 Å². The SMILES string of the molecule is O=C(NC1CCCN(Cc2ccccc2)C1)c1cc(F)ccc1Br. The molecule has 0 spiro atoms. The second-order valence-electron chi connectivity index (χ2n) is 6.16. The summed E-state index contributed by atoms with van der Waals surface area (Å²) in [5, 5.41) is 3.04. The molecule has 1 atom stereocenters. The van der Waals surface area contributed by atoms with Crippen molar-refractivity contribution in [2.45, 2.75) is 25.4 Å². The fraction of sp³-hybridized carbons (Fsp3) is 0.316. The second kappa shape index (κ2) is 7.90. The Labute approximate surface area is 150 Å². The van der Waals surface area contributed by atoms with Crippen LogP contribution in [-0.4, -0.2) is 29.9 Å². The quantitative estimate of drug-likeness (QED) is 0.855. The summed E-state index contributed by atoms with van der Waals surface area (Å²) in [6, 6.07) is 14.6. The van der Waals surface area contributed by atoms with Crippen molar-refractivity contribution in [2.24, 2.45) is 0 Å². The fourth-order valence-corrected chi connectivity index (χ4v) is 3.52. The molecule has 2 aromatic carbocycles. The minimum atomic E-state index is -0.405. The summed E-state index contributed by atoms with van der Waals surface area (Å²) in [6.45, 7) is 2.73. The van der Waals surface area contributed by atoms with E-state index >= 15 is 0 Å². The molecule has 24 heavy (non-hydrogen) atoms. The van der Waals surface area contributed by atoms with E-state index in [0.717, 1.165) is 32.5 Å².